The minimum absolute atomic E-state index is 0.00360. The lowest BCUT2D eigenvalue weighted by atomic mass is 10.2. The largest absolute Gasteiger partial charge is 0.472 e. The second-order valence-corrected chi connectivity index (χ2v) is 4.65. The van der Waals surface area contributed by atoms with Crippen LogP contribution in [-0.4, -0.2) is 41.8 Å². The minimum atomic E-state index is -0.537. The highest BCUT2D eigenvalue weighted by atomic mass is 16.6. The van der Waals surface area contributed by atoms with Gasteiger partial charge in [0.25, 0.3) is 5.88 Å². The van der Waals surface area contributed by atoms with Gasteiger partial charge in [0.2, 0.25) is 5.82 Å². The summed E-state index contributed by atoms with van der Waals surface area (Å²) >= 11 is 0. The second-order valence-electron chi connectivity index (χ2n) is 4.65. The zero-order chi connectivity index (χ0) is 15.1. The number of hydrogen-bond donors (Lipinski definition) is 1. The number of ether oxygens (including phenoxy) is 2. The summed E-state index contributed by atoms with van der Waals surface area (Å²) in [4.78, 5) is 18.7. The molecule has 0 amide bonds. The van der Waals surface area contributed by atoms with E-state index in [0.717, 1.165) is 0 Å². The molecule has 0 aliphatic carbocycles. The topological polar surface area (TPSA) is 99.4 Å². The molecule has 112 valence electrons. The van der Waals surface area contributed by atoms with Gasteiger partial charge in [-0.3, -0.25) is 10.1 Å². The lowest BCUT2D eigenvalue weighted by Gasteiger charge is -2.11. The van der Waals surface area contributed by atoms with Gasteiger partial charge in [0, 0.05) is 13.7 Å². The molecule has 0 unspecified atom stereocenters. The van der Waals surface area contributed by atoms with E-state index in [9.17, 15) is 10.1 Å². The average molecular weight is 284 g/mol. The van der Waals surface area contributed by atoms with Crippen LogP contribution < -0.4 is 10.1 Å². The van der Waals surface area contributed by atoms with Gasteiger partial charge in [0.15, 0.2) is 0 Å². The van der Waals surface area contributed by atoms with Gasteiger partial charge in [0.1, 0.15) is 5.82 Å². The van der Waals surface area contributed by atoms with Crippen LogP contribution in [0, 0.1) is 23.0 Å². The summed E-state index contributed by atoms with van der Waals surface area (Å²) in [6.45, 7) is 6.76. The Labute approximate surface area is 117 Å². The van der Waals surface area contributed by atoms with Gasteiger partial charge in [0.05, 0.1) is 18.1 Å². The highest BCUT2D eigenvalue weighted by molar-refractivity contribution is 5.61. The van der Waals surface area contributed by atoms with Crippen LogP contribution in [0.25, 0.3) is 0 Å². The van der Waals surface area contributed by atoms with E-state index in [0.29, 0.717) is 25.6 Å². The smallest absolute Gasteiger partial charge is 0.372 e. The summed E-state index contributed by atoms with van der Waals surface area (Å²) in [5.74, 6) is 0.804. The van der Waals surface area contributed by atoms with Crippen LogP contribution >= 0.6 is 0 Å². The molecule has 0 radical (unpaired) electrons. The number of aromatic nitrogens is 2. The van der Waals surface area contributed by atoms with Gasteiger partial charge >= 0.3 is 5.69 Å². The summed E-state index contributed by atoms with van der Waals surface area (Å²) in [7, 11) is 1.55. The van der Waals surface area contributed by atoms with E-state index in [2.05, 4.69) is 15.3 Å². The number of nitro groups is 1. The first kappa shape index (κ1) is 16.1. The Balaban J connectivity index is 3.04. The van der Waals surface area contributed by atoms with Gasteiger partial charge in [-0.25, -0.2) is 4.98 Å². The maximum absolute atomic E-state index is 11.2. The van der Waals surface area contributed by atoms with Crippen LogP contribution in [0.5, 0.6) is 5.88 Å². The maximum Gasteiger partial charge on any atom is 0.372 e. The second kappa shape index (κ2) is 7.59. The molecule has 0 fully saturated rings. The number of anilines is 1. The molecule has 0 spiro atoms. The van der Waals surface area contributed by atoms with E-state index in [-0.39, 0.29) is 23.3 Å². The number of nitrogens with zero attached hydrogens (tertiary/aromatic N) is 3. The van der Waals surface area contributed by atoms with E-state index in [1.54, 1.807) is 14.0 Å². The fourth-order valence-electron chi connectivity index (χ4n) is 1.45. The third-order valence-electron chi connectivity index (χ3n) is 2.30. The van der Waals surface area contributed by atoms with E-state index < -0.39 is 4.92 Å². The van der Waals surface area contributed by atoms with E-state index in [4.69, 9.17) is 9.47 Å². The van der Waals surface area contributed by atoms with Gasteiger partial charge < -0.3 is 14.8 Å². The zero-order valence-corrected chi connectivity index (χ0v) is 12.2. The molecule has 0 aromatic carbocycles. The third kappa shape index (κ3) is 4.61. The van der Waals surface area contributed by atoms with Crippen LogP contribution in [0.3, 0.4) is 0 Å². The maximum atomic E-state index is 11.2. The van der Waals surface area contributed by atoms with Crippen molar-refractivity contribution in [3.05, 3.63) is 15.9 Å². The molecule has 1 heterocycles. The summed E-state index contributed by atoms with van der Waals surface area (Å²) in [5.41, 5.74) is -0.243. The molecule has 0 aliphatic heterocycles. The van der Waals surface area contributed by atoms with Crippen molar-refractivity contribution in [2.45, 2.75) is 20.8 Å². The molecule has 1 N–H and O–H groups in total. The van der Waals surface area contributed by atoms with Crippen molar-refractivity contribution >= 4 is 11.5 Å². The van der Waals surface area contributed by atoms with Gasteiger partial charge in [-0.15, -0.1) is 0 Å². The average Bonchev–Trinajstić information content (AvgIpc) is 2.35. The Hall–Kier alpha value is -1.96. The predicted octanol–water partition coefficient (Wildman–Crippen LogP) is 1.79. The fraction of sp³-hybridized carbons (Fsp3) is 0.667. The summed E-state index contributed by atoms with van der Waals surface area (Å²) in [5, 5.41) is 14.1. The van der Waals surface area contributed by atoms with E-state index in [1.807, 2.05) is 13.8 Å². The molecule has 1 rings (SSSR count). The van der Waals surface area contributed by atoms with E-state index >= 15 is 0 Å². The number of rotatable bonds is 8. The first-order valence-electron chi connectivity index (χ1n) is 6.34. The normalized spacial score (nSPS) is 10.7. The molecule has 1 aromatic rings. The van der Waals surface area contributed by atoms with Gasteiger partial charge in [-0.05, 0) is 12.8 Å². The van der Waals surface area contributed by atoms with Crippen molar-refractivity contribution in [2.75, 3.05) is 32.2 Å². The Morgan fingerprint density at radius 1 is 1.40 bits per heavy atom. The summed E-state index contributed by atoms with van der Waals surface area (Å²) in [6, 6.07) is 0. The number of nitrogens with one attached hydrogen (secondary N) is 1. The van der Waals surface area contributed by atoms with Crippen molar-refractivity contribution in [3.8, 4) is 5.88 Å². The van der Waals surface area contributed by atoms with Crippen molar-refractivity contribution in [1.29, 1.82) is 0 Å². The van der Waals surface area contributed by atoms with Crippen molar-refractivity contribution in [3.63, 3.8) is 0 Å². The molecule has 1 aromatic heterocycles. The van der Waals surface area contributed by atoms with Crippen LogP contribution in [-0.2, 0) is 4.74 Å². The van der Waals surface area contributed by atoms with Crippen molar-refractivity contribution in [1.82, 2.24) is 9.97 Å². The highest BCUT2D eigenvalue weighted by Gasteiger charge is 2.25. The van der Waals surface area contributed by atoms with Gasteiger partial charge in [-0.1, -0.05) is 13.8 Å². The van der Waals surface area contributed by atoms with Gasteiger partial charge in [-0.2, -0.15) is 4.98 Å². The Kier molecular flexibility index (Phi) is 6.10. The Bertz CT molecular complexity index is 465. The lowest BCUT2D eigenvalue weighted by Crippen LogP contribution is -2.14. The third-order valence-corrected chi connectivity index (χ3v) is 2.30. The lowest BCUT2D eigenvalue weighted by molar-refractivity contribution is -0.385. The number of hydrogen-bond acceptors (Lipinski definition) is 7. The summed E-state index contributed by atoms with van der Waals surface area (Å²) in [6.07, 6.45) is 0. The monoisotopic (exact) mass is 284 g/mol. The number of methoxy groups -OCH3 is 1. The van der Waals surface area contributed by atoms with E-state index in [1.165, 1.54) is 0 Å². The quantitative estimate of drug-likeness (QED) is 0.441. The molecule has 0 bridgehead atoms. The van der Waals surface area contributed by atoms with Crippen LogP contribution in [0.15, 0.2) is 0 Å². The molecule has 8 heteroatoms. The highest BCUT2D eigenvalue weighted by Crippen LogP contribution is 2.31. The summed E-state index contributed by atoms with van der Waals surface area (Å²) < 4.78 is 10.3. The zero-order valence-electron chi connectivity index (χ0n) is 12.2. The first-order chi connectivity index (χ1) is 9.45. The molecule has 0 atom stereocenters. The molecule has 20 heavy (non-hydrogen) atoms. The molecule has 0 aliphatic rings. The Morgan fingerprint density at radius 3 is 2.65 bits per heavy atom. The molecular weight excluding hydrogens is 264 g/mol. The van der Waals surface area contributed by atoms with Crippen molar-refractivity contribution in [2.24, 2.45) is 5.92 Å². The van der Waals surface area contributed by atoms with Crippen LogP contribution in [0.4, 0.5) is 11.5 Å². The molecule has 0 saturated carbocycles. The fourth-order valence-corrected chi connectivity index (χ4v) is 1.45. The molecule has 0 saturated heterocycles. The SMILES string of the molecule is COCCNc1nc(C)nc(OCC(C)C)c1[N+](=O)[O-]. The van der Waals surface area contributed by atoms with Crippen LogP contribution in [0.1, 0.15) is 19.7 Å². The molecule has 8 nitrogen and oxygen atoms in total. The number of aryl methyl sites for hydroxylation is 1. The predicted molar refractivity (Wildman–Crippen MR) is 74.1 cm³/mol. The minimum Gasteiger partial charge on any atom is -0.472 e. The molecular formula is C12H20N4O4. The first-order valence-corrected chi connectivity index (χ1v) is 6.34. The van der Waals surface area contributed by atoms with Crippen molar-refractivity contribution < 1.29 is 14.4 Å². The standard InChI is InChI=1S/C12H20N4O4/c1-8(2)7-20-12-10(16(17)18)11(13-5-6-19-4)14-9(3)15-12/h8H,5-7H2,1-4H3,(H,13,14,15). The Morgan fingerprint density at radius 2 is 2.10 bits per heavy atom. The van der Waals surface area contributed by atoms with Crippen LogP contribution in [0.2, 0.25) is 0 Å².